The number of ether oxygens (including phenoxy) is 3. The third-order valence-corrected chi connectivity index (χ3v) is 5.99. The predicted molar refractivity (Wildman–Crippen MR) is 139 cm³/mol. The second kappa shape index (κ2) is 11.6. The summed E-state index contributed by atoms with van der Waals surface area (Å²) in [7, 11) is 0. The van der Waals surface area contributed by atoms with Crippen molar-refractivity contribution < 1.29 is 28.2 Å². The molecule has 1 saturated heterocycles. The number of aryl methyl sites for hydroxylation is 1. The molecule has 2 aromatic heterocycles. The fourth-order valence-electron chi connectivity index (χ4n) is 4.21. The number of benzene rings is 1. The fourth-order valence-corrected chi connectivity index (χ4v) is 4.21. The standard InChI is InChI=1S/C28H35N3O6/c1-20-24-22(9-5-10-23(24)36-25(20)26(32)30-13-16-34-17-14-30)35-15-7-12-31(27(33)37-28(2,3)4)19-21-8-6-11-29-18-21/h5-6,8-11,18H,7,12-17,19H2,1-4H3. The number of amides is 2. The van der Waals surface area contributed by atoms with Gasteiger partial charge in [-0.25, -0.2) is 4.79 Å². The van der Waals surface area contributed by atoms with Crippen molar-refractivity contribution in [1.82, 2.24) is 14.8 Å². The van der Waals surface area contributed by atoms with E-state index >= 15 is 0 Å². The third kappa shape index (κ3) is 6.80. The average Bonchev–Trinajstić information content (AvgIpc) is 3.22. The van der Waals surface area contributed by atoms with Gasteiger partial charge in [0, 0.05) is 37.6 Å². The van der Waals surface area contributed by atoms with Gasteiger partial charge in [0.1, 0.15) is 16.9 Å². The van der Waals surface area contributed by atoms with Gasteiger partial charge in [0.25, 0.3) is 5.91 Å². The minimum absolute atomic E-state index is 0.133. The molecule has 9 nitrogen and oxygen atoms in total. The lowest BCUT2D eigenvalue weighted by Crippen LogP contribution is -2.40. The lowest BCUT2D eigenvalue weighted by atomic mass is 10.1. The number of pyridine rings is 1. The Hall–Kier alpha value is -3.59. The van der Waals surface area contributed by atoms with Crippen LogP contribution in [0.2, 0.25) is 0 Å². The van der Waals surface area contributed by atoms with E-state index in [1.807, 2.05) is 58.0 Å². The second-order valence-corrected chi connectivity index (χ2v) is 10.1. The van der Waals surface area contributed by atoms with Crippen LogP contribution in [0.3, 0.4) is 0 Å². The molecule has 0 unspecified atom stereocenters. The van der Waals surface area contributed by atoms with E-state index in [1.54, 1.807) is 22.2 Å². The number of carbonyl (C=O) groups is 2. The first-order chi connectivity index (χ1) is 17.7. The van der Waals surface area contributed by atoms with Crippen molar-refractivity contribution in [3.05, 3.63) is 59.6 Å². The van der Waals surface area contributed by atoms with Crippen LogP contribution in [0.5, 0.6) is 5.75 Å². The highest BCUT2D eigenvalue weighted by Crippen LogP contribution is 2.34. The van der Waals surface area contributed by atoms with Crippen molar-refractivity contribution in [2.75, 3.05) is 39.5 Å². The molecule has 3 aromatic rings. The second-order valence-electron chi connectivity index (χ2n) is 10.1. The average molecular weight is 510 g/mol. The number of rotatable bonds is 8. The minimum atomic E-state index is -0.592. The summed E-state index contributed by atoms with van der Waals surface area (Å²) >= 11 is 0. The van der Waals surface area contributed by atoms with E-state index in [4.69, 9.17) is 18.6 Å². The van der Waals surface area contributed by atoms with Gasteiger partial charge in [0.15, 0.2) is 5.76 Å². The molecule has 37 heavy (non-hydrogen) atoms. The highest BCUT2D eigenvalue weighted by atomic mass is 16.6. The number of carbonyl (C=O) groups excluding carboxylic acids is 2. The molecular weight excluding hydrogens is 474 g/mol. The smallest absolute Gasteiger partial charge is 0.410 e. The quantitative estimate of drug-likeness (QED) is 0.402. The molecule has 0 N–H and O–H groups in total. The maximum atomic E-state index is 13.0. The van der Waals surface area contributed by atoms with Crippen LogP contribution >= 0.6 is 0 Å². The van der Waals surface area contributed by atoms with Crippen LogP contribution < -0.4 is 4.74 Å². The molecule has 198 valence electrons. The van der Waals surface area contributed by atoms with Crippen LogP contribution in [-0.4, -0.2) is 71.8 Å². The van der Waals surface area contributed by atoms with Crippen LogP contribution in [0, 0.1) is 6.92 Å². The zero-order chi connectivity index (χ0) is 26.4. The number of nitrogens with zero attached hydrogens (tertiary/aromatic N) is 3. The zero-order valence-corrected chi connectivity index (χ0v) is 22.0. The van der Waals surface area contributed by atoms with Gasteiger partial charge in [-0.2, -0.15) is 0 Å². The molecule has 2 amide bonds. The molecule has 3 heterocycles. The maximum absolute atomic E-state index is 13.0. The Morgan fingerprint density at radius 3 is 2.62 bits per heavy atom. The molecule has 1 aliphatic heterocycles. The number of hydrogen-bond donors (Lipinski definition) is 0. The van der Waals surface area contributed by atoms with Gasteiger partial charge in [-0.1, -0.05) is 12.1 Å². The number of furan rings is 1. The zero-order valence-electron chi connectivity index (χ0n) is 22.0. The van der Waals surface area contributed by atoms with Crippen molar-refractivity contribution >= 4 is 23.0 Å². The number of aromatic nitrogens is 1. The molecule has 0 spiro atoms. The molecule has 4 rings (SSSR count). The molecule has 1 fully saturated rings. The molecule has 0 bridgehead atoms. The summed E-state index contributed by atoms with van der Waals surface area (Å²) in [6.45, 7) is 10.8. The van der Waals surface area contributed by atoms with Gasteiger partial charge in [0.05, 0.1) is 31.8 Å². The fraction of sp³-hybridized carbons (Fsp3) is 0.464. The van der Waals surface area contributed by atoms with Crippen LogP contribution in [0.15, 0.2) is 47.1 Å². The van der Waals surface area contributed by atoms with Gasteiger partial charge in [-0.15, -0.1) is 0 Å². The summed E-state index contributed by atoms with van der Waals surface area (Å²) in [6.07, 6.45) is 3.65. The Balaban J connectivity index is 1.42. The molecule has 1 aromatic carbocycles. The van der Waals surface area contributed by atoms with E-state index < -0.39 is 5.60 Å². The first-order valence-electron chi connectivity index (χ1n) is 12.6. The van der Waals surface area contributed by atoms with Crippen molar-refractivity contribution in [3.63, 3.8) is 0 Å². The van der Waals surface area contributed by atoms with Crippen LogP contribution in [-0.2, 0) is 16.0 Å². The van der Waals surface area contributed by atoms with Gasteiger partial charge >= 0.3 is 6.09 Å². The van der Waals surface area contributed by atoms with Crippen molar-refractivity contribution in [2.24, 2.45) is 0 Å². The van der Waals surface area contributed by atoms with E-state index in [2.05, 4.69) is 4.98 Å². The van der Waals surface area contributed by atoms with E-state index in [0.29, 0.717) is 69.5 Å². The van der Waals surface area contributed by atoms with E-state index in [9.17, 15) is 9.59 Å². The van der Waals surface area contributed by atoms with E-state index in [0.717, 1.165) is 16.5 Å². The summed E-state index contributed by atoms with van der Waals surface area (Å²) in [6, 6.07) is 9.33. The summed E-state index contributed by atoms with van der Waals surface area (Å²) in [5.74, 6) is 0.850. The largest absolute Gasteiger partial charge is 0.493 e. The first kappa shape index (κ1) is 26.5. The van der Waals surface area contributed by atoms with E-state index in [1.165, 1.54) is 0 Å². The molecule has 1 aliphatic rings. The van der Waals surface area contributed by atoms with Gasteiger partial charge in [0.2, 0.25) is 0 Å². The highest BCUT2D eigenvalue weighted by molar-refractivity contribution is 6.00. The Kier molecular flexibility index (Phi) is 8.33. The molecule has 0 atom stereocenters. The molecule has 0 saturated carbocycles. The topological polar surface area (TPSA) is 94.3 Å². The Labute approximate surface area is 217 Å². The highest BCUT2D eigenvalue weighted by Gasteiger charge is 2.26. The SMILES string of the molecule is Cc1c(C(=O)N2CCOCC2)oc2cccc(OCCCN(Cc3cccnc3)C(=O)OC(C)(C)C)c12. The number of morpholine rings is 1. The molecule has 9 heteroatoms. The summed E-state index contributed by atoms with van der Waals surface area (Å²) in [4.78, 5) is 33.4. The first-order valence-corrected chi connectivity index (χ1v) is 12.6. The van der Waals surface area contributed by atoms with Crippen LogP contribution in [0.25, 0.3) is 11.0 Å². The monoisotopic (exact) mass is 509 g/mol. The Morgan fingerprint density at radius 1 is 1.14 bits per heavy atom. The van der Waals surface area contributed by atoms with Gasteiger partial charge in [-0.05, 0) is 57.9 Å². The predicted octanol–water partition coefficient (Wildman–Crippen LogP) is 4.81. The third-order valence-electron chi connectivity index (χ3n) is 5.99. The molecular formula is C28H35N3O6. The van der Waals surface area contributed by atoms with Crippen molar-refractivity contribution in [3.8, 4) is 5.75 Å². The van der Waals surface area contributed by atoms with Crippen LogP contribution in [0.4, 0.5) is 4.79 Å². The van der Waals surface area contributed by atoms with Gasteiger partial charge in [-0.3, -0.25) is 9.78 Å². The maximum Gasteiger partial charge on any atom is 0.410 e. The Bertz CT molecular complexity index is 1210. The summed E-state index contributed by atoms with van der Waals surface area (Å²) in [5.41, 5.74) is 1.70. The number of fused-ring (bicyclic) bond motifs is 1. The minimum Gasteiger partial charge on any atom is -0.493 e. The van der Waals surface area contributed by atoms with Gasteiger partial charge < -0.3 is 28.4 Å². The van der Waals surface area contributed by atoms with Crippen LogP contribution in [0.1, 0.15) is 48.9 Å². The van der Waals surface area contributed by atoms with Crippen molar-refractivity contribution in [2.45, 2.75) is 46.3 Å². The Morgan fingerprint density at radius 2 is 1.92 bits per heavy atom. The summed E-state index contributed by atoms with van der Waals surface area (Å²) < 4.78 is 23.0. The lowest BCUT2D eigenvalue weighted by molar-refractivity contribution is 0.0225. The number of hydrogen-bond acceptors (Lipinski definition) is 7. The molecule has 0 radical (unpaired) electrons. The molecule has 0 aliphatic carbocycles. The van der Waals surface area contributed by atoms with E-state index in [-0.39, 0.29) is 12.0 Å². The normalized spacial score (nSPS) is 14.0. The lowest BCUT2D eigenvalue weighted by Gasteiger charge is -2.27. The van der Waals surface area contributed by atoms with Crippen molar-refractivity contribution in [1.29, 1.82) is 0 Å². The summed E-state index contributed by atoms with van der Waals surface area (Å²) in [5, 5.41) is 0.790.